The number of hydrogen-bond donors (Lipinski definition) is 1. The summed E-state index contributed by atoms with van der Waals surface area (Å²) in [7, 11) is -3.68. The average Bonchev–Trinajstić information content (AvgIpc) is 2.70. The van der Waals surface area contributed by atoms with Gasteiger partial charge in [0.1, 0.15) is 0 Å². The Morgan fingerprint density at radius 2 is 1.71 bits per heavy atom. The molecule has 150 valence electrons. The highest BCUT2D eigenvalue weighted by atomic mass is 32.2. The molecular weight excluding hydrogens is 372 g/mol. The Hall–Kier alpha value is -2.18. The Kier molecular flexibility index (Phi) is 6.20. The molecule has 1 fully saturated rings. The van der Waals surface area contributed by atoms with E-state index in [1.54, 1.807) is 18.2 Å². The second kappa shape index (κ2) is 8.45. The lowest BCUT2D eigenvalue weighted by molar-refractivity contribution is 0.0936. The van der Waals surface area contributed by atoms with Crippen molar-refractivity contribution in [2.24, 2.45) is 0 Å². The van der Waals surface area contributed by atoms with Gasteiger partial charge in [-0.05, 0) is 56.9 Å². The van der Waals surface area contributed by atoms with Gasteiger partial charge >= 0.3 is 0 Å². The summed E-state index contributed by atoms with van der Waals surface area (Å²) in [6.45, 7) is 6.96. The standard InChI is InChI=1S/C22H28N2O3S/c1-16-11-12-17(2)20(15-16)18(3)23-22(25)19-9-5-6-10-21(19)28(26,27)24-13-7-4-8-14-24/h5-6,9-12,15,18H,4,7-8,13-14H2,1-3H3,(H,23,25). The molecule has 0 aliphatic carbocycles. The Morgan fingerprint density at radius 1 is 1.04 bits per heavy atom. The molecule has 1 saturated heterocycles. The van der Waals surface area contributed by atoms with Crippen LogP contribution < -0.4 is 5.32 Å². The predicted octanol–water partition coefficient (Wildman–Crippen LogP) is 3.97. The summed E-state index contributed by atoms with van der Waals surface area (Å²) in [6.07, 6.45) is 2.76. The summed E-state index contributed by atoms with van der Waals surface area (Å²) >= 11 is 0. The maximum atomic E-state index is 13.1. The van der Waals surface area contributed by atoms with E-state index in [2.05, 4.69) is 11.4 Å². The number of nitrogens with one attached hydrogen (secondary N) is 1. The number of hydrogen-bond acceptors (Lipinski definition) is 3. The summed E-state index contributed by atoms with van der Waals surface area (Å²) in [4.78, 5) is 13.1. The molecule has 1 aliphatic heterocycles. The molecular formula is C22H28N2O3S. The van der Waals surface area contributed by atoms with Gasteiger partial charge in [0.05, 0.1) is 16.5 Å². The monoisotopic (exact) mass is 400 g/mol. The molecule has 0 aromatic heterocycles. The maximum Gasteiger partial charge on any atom is 0.253 e. The summed E-state index contributed by atoms with van der Waals surface area (Å²) in [5, 5.41) is 2.97. The third-order valence-corrected chi connectivity index (χ3v) is 7.27. The molecule has 3 rings (SSSR count). The Balaban J connectivity index is 1.88. The summed E-state index contributed by atoms with van der Waals surface area (Å²) in [5.41, 5.74) is 3.44. The highest BCUT2D eigenvalue weighted by Gasteiger charge is 2.30. The SMILES string of the molecule is Cc1ccc(C)c(C(C)NC(=O)c2ccccc2S(=O)(=O)N2CCCCC2)c1. The number of nitrogens with zero attached hydrogens (tertiary/aromatic N) is 1. The topological polar surface area (TPSA) is 66.5 Å². The number of benzene rings is 2. The fourth-order valence-corrected chi connectivity index (χ4v) is 5.41. The van der Waals surface area contributed by atoms with E-state index in [1.165, 1.54) is 10.4 Å². The minimum Gasteiger partial charge on any atom is -0.345 e. The fourth-order valence-electron chi connectivity index (χ4n) is 3.70. The third-order valence-electron chi connectivity index (χ3n) is 5.31. The molecule has 1 atom stereocenters. The number of aryl methyl sites for hydroxylation is 2. The molecule has 2 aromatic rings. The predicted molar refractivity (Wildman–Crippen MR) is 111 cm³/mol. The molecule has 1 N–H and O–H groups in total. The van der Waals surface area contributed by atoms with E-state index in [0.29, 0.717) is 13.1 Å². The van der Waals surface area contributed by atoms with Crippen LogP contribution in [0.1, 0.15) is 59.3 Å². The quantitative estimate of drug-likeness (QED) is 0.826. The Bertz CT molecular complexity index is 963. The number of rotatable bonds is 5. The average molecular weight is 401 g/mol. The van der Waals surface area contributed by atoms with Gasteiger partial charge in [-0.2, -0.15) is 4.31 Å². The molecule has 0 bridgehead atoms. The second-order valence-corrected chi connectivity index (χ2v) is 9.42. The molecule has 1 amide bonds. The van der Waals surface area contributed by atoms with Crippen LogP contribution in [0.25, 0.3) is 0 Å². The number of carbonyl (C=O) groups excluding carboxylic acids is 1. The number of amides is 1. The number of carbonyl (C=O) groups is 1. The van der Waals surface area contributed by atoms with Gasteiger partial charge in [-0.15, -0.1) is 0 Å². The zero-order valence-electron chi connectivity index (χ0n) is 16.7. The summed E-state index contributed by atoms with van der Waals surface area (Å²) in [6, 6.07) is 12.4. The smallest absolute Gasteiger partial charge is 0.253 e. The first-order chi connectivity index (χ1) is 13.3. The van der Waals surface area contributed by atoms with Gasteiger partial charge < -0.3 is 5.32 Å². The van der Waals surface area contributed by atoms with Crippen molar-refractivity contribution in [2.75, 3.05) is 13.1 Å². The molecule has 1 heterocycles. The van der Waals surface area contributed by atoms with E-state index in [-0.39, 0.29) is 22.4 Å². The van der Waals surface area contributed by atoms with Crippen LogP contribution in [0.5, 0.6) is 0 Å². The zero-order chi connectivity index (χ0) is 20.3. The van der Waals surface area contributed by atoms with E-state index in [0.717, 1.165) is 36.0 Å². The third kappa shape index (κ3) is 4.28. The van der Waals surface area contributed by atoms with E-state index >= 15 is 0 Å². The van der Waals surface area contributed by atoms with Crippen LogP contribution in [0.2, 0.25) is 0 Å². The van der Waals surface area contributed by atoms with Crippen LogP contribution in [0, 0.1) is 13.8 Å². The lowest BCUT2D eigenvalue weighted by atomic mass is 10.00. The van der Waals surface area contributed by atoms with Crippen LogP contribution in [0.4, 0.5) is 0 Å². The lowest BCUT2D eigenvalue weighted by Gasteiger charge is -2.27. The molecule has 6 heteroatoms. The molecule has 0 saturated carbocycles. The van der Waals surface area contributed by atoms with Gasteiger partial charge in [0.25, 0.3) is 5.91 Å². The maximum absolute atomic E-state index is 13.1. The molecule has 0 spiro atoms. The van der Waals surface area contributed by atoms with Gasteiger partial charge in [-0.25, -0.2) is 8.42 Å². The van der Waals surface area contributed by atoms with Gasteiger partial charge in [0.2, 0.25) is 10.0 Å². The minimum absolute atomic E-state index is 0.0857. The molecule has 0 radical (unpaired) electrons. The highest BCUT2D eigenvalue weighted by Crippen LogP contribution is 2.25. The molecule has 28 heavy (non-hydrogen) atoms. The second-order valence-electron chi connectivity index (χ2n) is 7.52. The van der Waals surface area contributed by atoms with Crippen LogP contribution in [0.15, 0.2) is 47.4 Å². The summed E-state index contributed by atoms with van der Waals surface area (Å²) < 4.78 is 27.7. The molecule has 1 aliphatic rings. The van der Waals surface area contributed by atoms with Gasteiger partial charge in [0, 0.05) is 13.1 Å². The molecule has 5 nitrogen and oxygen atoms in total. The summed E-state index contributed by atoms with van der Waals surface area (Å²) in [5.74, 6) is -0.371. The fraction of sp³-hybridized carbons (Fsp3) is 0.409. The highest BCUT2D eigenvalue weighted by molar-refractivity contribution is 7.89. The van der Waals surface area contributed by atoms with Crippen LogP contribution in [-0.4, -0.2) is 31.7 Å². The first-order valence-corrected chi connectivity index (χ1v) is 11.2. The first kappa shape index (κ1) is 20.6. The molecule has 1 unspecified atom stereocenters. The normalized spacial score (nSPS) is 16.5. The van der Waals surface area contributed by atoms with Crippen molar-refractivity contribution in [1.82, 2.24) is 9.62 Å². The van der Waals surface area contributed by atoms with Crippen molar-refractivity contribution in [3.63, 3.8) is 0 Å². The van der Waals surface area contributed by atoms with Crippen molar-refractivity contribution < 1.29 is 13.2 Å². The van der Waals surface area contributed by atoms with E-state index in [9.17, 15) is 13.2 Å². The van der Waals surface area contributed by atoms with Crippen molar-refractivity contribution in [3.8, 4) is 0 Å². The van der Waals surface area contributed by atoms with Crippen LogP contribution in [-0.2, 0) is 10.0 Å². The van der Waals surface area contributed by atoms with Crippen molar-refractivity contribution in [3.05, 3.63) is 64.7 Å². The van der Waals surface area contributed by atoms with E-state index in [4.69, 9.17) is 0 Å². The lowest BCUT2D eigenvalue weighted by Crippen LogP contribution is -2.37. The van der Waals surface area contributed by atoms with E-state index in [1.807, 2.05) is 32.9 Å². The number of piperidine rings is 1. The van der Waals surface area contributed by atoms with Crippen molar-refractivity contribution >= 4 is 15.9 Å². The Morgan fingerprint density at radius 3 is 2.43 bits per heavy atom. The molecule has 2 aromatic carbocycles. The van der Waals surface area contributed by atoms with Crippen LogP contribution >= 0.6 is 0 Å². The van der Waals surface area contributed by atoms with Gasteiger partial charge in [0.15, 0.2) is 0 Å². The minimum atomic E-state index is -3.68. The number of sulfonamides is 1. The first-order valence-electron chi connectivity index (χ1n) is 9.78. The van der Waals surface area contributed by atoms with E-state index < -0.39 is 10.0 Å². The van der Waals surface area contributed by atoms with Crippen LogP contribution in [0.3, 0.4) is 0 Å². The largest absolute Gasteiger partial charge is 0.345 e. The van der Waals surface area contributed by atoms with Crippen molar-refractivity contribution in [1.29, 1.82) is 0 Å². The van der Waals surface area contributed by atoms with Gasteiger partial charge in [-0.1, -0.05) is 42.3 Å². The van der Waals surface area contributed by atoms with Crippen molar-refractivity contribution in [2.45, 2.75) is 51.0 Å². The zero-order valence-corrected chi connectivity index (χ0v) is 17.6. The Labute approximate surface area is 167 Å². The van der Waals surface area contributed by atoms with Gasteiger partial charge in [-0.3, -0.25) is 4.79 Å².